The van der Waals surface area contributed by atoms with Gasteiger partial charge in [0.2, 0.25) is 5.91 Å². The maximum absolute atomic E-state index is 12.6. The summed E-state index contributed by atoms with van der Waals surface area (Å²) < 4.78 is 5.27. The Hall–Kier alpha value is -2.83. The lowest BCUT2D eigenvalue weighted by Gasteiger charge is -2.34. The molecule has 1 N–H and O–H groups in total. The van der Waals surface area contributed by atoms with Gasteiger partial charge in [0.15, 0.2) is 0 Å². The Labute approximate surface area is 140 Å². The first kappa shape index (κ1) is 16.0. The second-order valence-electron chi connectivity index (χ2n) is 5.66. The maximum Gasteiger partial charge on any atom is 0.272 e. The molecule has 126 valence electrons. The zero-order valence-electron chi connectivity index (χ0n) is 13.6. The largest absolute Gasteiger partial charge is 0.467 e. The van der Waals surface area contributed by atoms with E-state index in [9.17, 15) is 9.59 Å². The molecule has 2 aromatic heterocycles. The molecule has 1 saturated heterocycles. The first-order valence-corrected chi connectivity index (χ1v) is 7.90. The average molecular weight is 328 g/mol. The first-order valence-electron chi connectivity index (χ1n) is 7.90. The highest BCUT2D eigenvalue weighted by molar-refractivity contribution is 5.93. The van der Waals surface area contributed by atoms with Crippen LogP contribution in [0.25, 0.3) is 0 Å². The Morgan fingerprint density at radius 2 is 1.96 bits per heavy atom. The van der Waals surface area contributed by atoms with Crippen LogP contribution in [0.4, 0.5) is 5.69 Å². The maximum atomic E-state index is 12.6. The molecule has 24 heavy (non-hydrogen) atoms. The number of nitrogens with zero attached hydrogens (tertiary/aromatic N) is 3. The summed E-state index contributed by atoms with van der Waals surface area (Å²) in [6, 6.07) is 7.27. The summed E-state index contributed by atoms with van der Waals surface area (Å²) >= 11 is 0. The third-order valence-electron chi connectivity index (χ3n) is 4.04. The normalized spacial score (nSPS) is 14.5. The van der Waals surface area contributed by atoms with Crippen molar-refractivity contribution in [3.63, 3.8) is 0 Å². The third kappa shape index (κ3) is 3.73. The van der Waals surface area contributed by atoms with E-state index in [1.807, 2.05) is 18.2 Å². The number of aromatic nitrogens is 1. The van der Waals surface area contributed by atoms with E-state index in [1.165, 1.54) is 0 Å². The van der Waals surface area contributed by atoms with Crippen molar-refractivity contribution in [1.82, 2.24) is 14.8 Å². The Kier molecular flexibility index (Phi) is 4.79. The molecule has 2 aromatic rings. The molecule has 3 heterocycles. The summed E-state index contributed by atoms with van der Waals surface area (Å²) in [5.74, 6) is 0.754. The van der Waals surface area contributed by atoms with Crippen LogP contribution in [0.1, 0.15) is 23.2 Å². The first-order chi connectivity index (χ1) is 11.6. The van der Waals surface area contributed by atoms with E-state index in [0.717, 1.165) is 11.4 Å². The molecule has 1 fully saturated rings. The lowest BCUT2D eigenvalue weighted by molar-refractivity contribution is -0.130. The van der Waals surface area contributed by atoms with E-state index in [2.05, 4.69) is 10.3 Å². The fourth-order valence-electron chi connectivity index (χ4n) is 2.65. The molecule has 0 unspecified atom stereocenters. The zero-order chi connectivity index (χ0) is 16.9. The Bertz CT molecular complexity index is 706. The van der Waals surface area contributed by atoms with Crippen LogP contribution >= 0.6 is 0 Å². The van der Waals surface area contributed by atoms with Crippen LogP contribution in [0.3, 0.4) is 0 Å². The summed E-state index contributed by atoms with van der Waals surface area (Å²) in [6.07, 6.45) is 3.24. The highest BCUT2D eigenvalue weighted by atomic mass is 16.3. The van der Waals surface area contributed by atoms with Crippen molar-refractivity contribution in [3.05, 3.63) is 48.2 Å². The van der Waals surface area contributed by atoms with Gasteiger partial charge in [-0.1, -0.05) is 0 Å². The van der Waals surface area contributed by atoms with Crippen molar-refractivity contribution in [3.8, 4) is 0 Å². The zero-order valence-corrected chi connectivity index (χ0v) is 13.6. The van der Waals surface area contributed by atoms with Crippen LogP contribution < -0.4 is 5.32 Å². The summed E-state index contributed by atoms with van der Waals surface area (Å²) in [4.78, 5) is 31.6. The van der Waals surface area contributed by atoms with E-state index in [1.54, 1.807) is 35.2 Å². The van der Waals surface area contributed by atoms with Crippen LogP contribution in [-0.2, 0) is 11.3 Å². The van der Waals surface area contributed by atoms with Gasteiger partial charge in [-0.2, -0.15) is 0 Å². The predicted octanol–water partition coefficient (Wildman–Crippen LogP) is 1.59. The number of carbonyl (C=O) groups excluding carboxylic acids is 2. The number of hydrogen-bond donors (Lipinski definition) is 1. The number of pyridine rings is 1. The minimum absolute atomic E-state index is 0.0457. The second kappa shape index (κ2) is 7.16. The predicted molar refractivity (Wildman–Crippen MR) is 88.4 cm³/mol. The molecule has 0 radical (unpaired) electrons. The van der Waals surface area contributed by atoms with Gasteiger partial charge in [-0.3, -0.25) is 14.6 Å². The molecule has 0 spiro atoms. The summed E-state index contributed by atoms with van der Waals surface area (Å²) in [5.41, 5.74) is 1.21. The van der Waals surface area contributed by atoms with Crippen LogP contribution in [0.15, 0.2) is 41.1 Å². The molecular formula is C17H20N4O3. The number of amides is 2. The number of furan rings is 1. The molecule has 0 aromatic carbocycles. The molecule has 0 aliphatic carbocycles. The van der Waals surface area contributed by atoms with Gasteiger partial charge in [-0.05, 0) is 24.3 Å². The molecule has 0 atom stereocenters. The van der Waals surface area contributed by atoms with Gasteiger partial charge in [0.1, 0.15) is 11.5 Å². The molecule has 1 aliphatic rings. The number of piperazine rings is 1. The van der Waals surface area contributed by atoms with Crippen molar-refractivity contribution in [2.75, 3.05) is 31.5 Å². The molecule has 3 rings (SSSR count). The highest BCUT2D eigenvalue weighted by Gasteiger charge is 2.24. The molecule has 0 saturated carbocycles. The summed E-state index contributed by atoms with van der Waals surface area (Å²) in [6.45, 7) is 4.29. The van der Waals surface area contributed by atoms with Gasteiger partial charge in [-0.15, -0.1) is 0 Å². The summed E-state index contributed by atoms with van der Waals surface area (Å²) in [5, 5.41) is 3.21. The van der Waals surface area contributed by atoms with Gasteiger partial charge in [0.25, 0.3) is 5.91 Å². The number of nitrogens with one attached hydrogen (secondary N) is 1. The molecule has 2 amide bonds. The third-order valence-corrected chi connectivity index (χ3v) is 4.04. The van der Waals surface area contributed by atoms with E-state index in [-0.39, 0.29) is 11.8 Å². The van der Waals surface area contributed by atoms with Crippen molar-refractivity contribution in [1.29, 1.82) is 0 Å². The van der Waals surface area contributed by atoms with Crippen molar-refractivity contribution < 1.29 is 14.0 Å². The van der Waals surface area contributed by atoms with Crippen LogP contribution in [0.5, 0.6) is 0 Å². The Morgan fingerprint density at radius 3 is 2.62 bits per heavy atom. The fraction of sp³-hybridized carbons (Fsp3) is 0.353. The molecule has 0 bridgehead atoms. The summed E-state index contributed by atoms with van der Waals surface area (Å²) in [7, 11) is 0. The van der Waals surface area contributed by atoms with E-state index >= 15 is 0 Å². The molecular weight excluding hydrogens is 308 g/mol. The van der Waals surface area contributed by atoms with E-state index in [0.29, 0.717) is 38.4 Å². The van der Waals surface area contributed by atoms with E-state index in [4.69, 9.17) is 4.42 Å². The molecule has 7 nitrogen and oxygen atoms in total. The molecule has 1 aliphatic heterocycles. The standard InChI is InChI=1S/C17H20N4O3/c1-13(22)20-6-8-21(9-7-20)17(23)16-11-14(4-5-18-16)19-12-15-3-2-10-24-15/h2-5,10-11H,6-9,12H2,1H3,(H,18,19). The van der Waals surface area contributed by atoms with Gasteiger partial charge in [0, 0.05) is 45.0 Å². The van der Waals surface area contributed by atoms with Crippen LogP contribution in [0.2, 0.25) is 0 Å². The van der Waals surface area contributed by atoms with Gasteiger partial charge < -0.3 is 19.5 Å². The monoisotopic (exact) mass is 328 g/mol. The lowest BCUT2D eigenvalue weighted by atomic mass is 10.2. The minimum Gasteiger partial charge on any atom is -0.467 e. The van der Waals surface area contributed by atoms with Gasteiger partial charge in [-0.25, -0.2) is 0 Å². The Morgan fingerprint density at radius 1 is 1.21 bits per heavy atom. The lowest BCUT2D eigenvalue weighted by Crippen LogP contribution is -2.50. The number of rotatable bonds is 4. The topological polar surface area (TPSA) is 78.7 Å². The Balaban J connectivity index is 1.61. The molecule has 7 heteroatoms. The van der Waals surface area contributed by atoms with E-state index < -0.39 is 0 Å². The highest BCUT2D eigenvalue weighted by Crippen LogP contribution is 2.13. The number of hydrogen-bond acceptors (Lipinski definition) is 5. The van der Waals surface area contributed by atoms with Crippen molar-refractivity contribution >= 4 is 17.5 Å². The second-order valence-corrected chi connectivity index (χ2v) is 5.66. The van der Waals surface area contributed by atoms with Crippen molar-refractivity contribution in [2.45, 2.75) is 13.5 Å². The smallest absolute Gasteiger partial charge is 0.272 e. The van der Waals surface area contributed by atoms with Crippen LogP contribution in [-0.4, -0.2) is 52.8 Å². The van der Waals surface area contributed by atoms with Crippen LogP contribution in [0, 0.1) is 0 Å². The van der Waals surface area contributed by atoms with Gasteiger partial charge >= 0.3 is 0 Å². The van der Waals surface area contributed by atoms with Gasteiger partial charge in [0.05, 0.1) is 12.8 Å². The number of carbonyl (C=O) groups is 2. The minimum atomic E-state index is -0.111. The number of anilines is 1. The quantitative estimate of drug-likeness (QED) is 0.922. The average Bonchev–Trinajstić information content (AvgIpc) is 3.13. The van der Waals surface area contributed by atoms with Crippen molar-refractivity contribution in [2.24, 2.45) is 0 Å². The SMILES string of the molecule is CC(=O)N1CCN(C(=O)c2cc(NCc3ccco3)ccn2)CC1. The fourth-order valence-corrected chi connectivity index (χ4v) is 2.65.